The SMILES string of the molecule is CC(CCC1=CCC(O)[C@@H]1CCC=C=CCC(=O)O)(O[Si](C)(C)C(C)(C)C)C1CCCCC1. The first-order valence-corrected chi connectivity index (χ1v) is 15.9. The van der Waals surface area contributed by atoms with Gasteiger partial charge in [0.25, 0.3) is 0 Å². The molecule has 0 radical (unpaired) electrons. The van der Waals surface area contributed by atoms with Crippen LogP contribution in [0.3, 0.4) is 0 Å². The van der Waals surface area contributed by atoms with Crippen LogP contribution in [0.4, 0.5) is 0 Å². The van der Waals surface area contributed by atoms with E-state index in [1.165, 1.54) is 37.7 Å². The number of hydrogen-bond acceptors (Lipinski definition) is 3. The van der Waals surface area contributed by atoms with Gasteiger partial charge in [0.2, 0.25) is 0 Å². The van der Waals surface area contributed by atoms with Crippen molar-refractivity contribution in [2.75, 3.05) is 0 Å². The van der Waals surface area contributed by atoms with Crippen molar-refractivity contribution in [1.29, 1.82) is 0 Å². The van der Waals surface area contributed by atoms with Gasteiger partial charge in [-0.2, -0.15) is 0 Å². The Kier molecular flexibility index (Phi) is 10.2. The molecule has 2 N–H and O–H groups in total. The van der Waals surface area contributed by atoms with Crippen molar-refractivity contribution in [3.8, 4) is 0 Å². The van der Waals surface area contributed by atoms with Gasteiger partial charge < -0.3 is 14.6 Å². The number of carboxylic acid groups (broad SMARTS) is 1. The molecular weight excluding hydrogens is 428 g/mol. The number of carboxylic acids is 1. The highest BCUT2D eigenvalue weighted by Gasteiger charge is 2.46. The summed E-state index contributed by atoms with van der Waals surface area (Å²) in [5.41, 5.74) is 4.23. The molecule has 0 aromatic heterocycles. The highest BCUT2D eigenvalue weighted by Crippen LogP contribution is 2.46. The summed E-state index contributed by atoms with van der Waals surface area (Å²) >= 11 is 0. The number of hydrogen-bond donors (Lipinski definition) is 2. The van der Waals surface area contributed by atoms with Gasteiger partial charge in [0.05, 0.1) is 18.1 Å². The van der Waals surface area contributed by atoms with Crippen LogP contribution in [0, 0.1) is 11.8 Å². The van der Waals surface area contributed by atoms with Gasteiger partial charge >= 0.3 is 5.97 Å². The topological polar surface area (TPSA) is 66.8 Å². The Balaban J connectivity index is 2.06. The lowest BCUT2D eigenvalue weighted by molar-refractivity contribution is -0.136. The molecule has 1 saturated carbocycles. The number of aliphatic carboxylic acids is 1. The van der Waals surface area contributed by atoms with Crippen molar-refractivity contribution in [2.45, 2.75) is 128 Å². The highest BCUT2D eigenvalue weighted by molar-refractivity contribution is 6.74. The van der Waals surface area contributed by atoms with E-state index in [9.17, 15) is 9.90 Å². The van der Waals surface area contributed by atoms with E-state index in [-0.39, 0.29) is 29.1 Å². The Morgan fingerprint density at radius 2 is 1.85 bits per heavy atom. The Morgan fingerprint density at radius 3 is 2.45 bits per heavy atom. The lowest BCUT2D eigenvalue weighted by atomic mass is 9.75. The van der Waals surface area contributed by atoms with Crippen molar-refractivity contribution >= 4 is 14.3 Å². The maximum atomic E-state index is 10.6. The predicted octanol–water partition coefficient (Wildman–Crippen LogP) is 7.40. The summed E-state index contributed by atoms with van der Waals surface area (Å²) in [4.78, 5) is 10.6. The standard InChI is InChI=1S/C28H48O4Si/c1-27(2,3)33(5,6)32-28(4,23-14-10-9-11-15-23)21-20-22-18-19-25(29)24(22)16-12-7-8-13-17-26(30)31/h7,13,18,23-25,29H,9-12,14-17,19-21H2,1-6H3,(H,30,31)/t8?,24-,25?,28?/m1/s1. The lowest BCUT2D eigenvalue weighted by Crippen LogP contribution is -2.52. The second kappa shape index (κ2) is 12.0. The Hall–Kier alpha value is -1.13. The van der Waals surface area contributed by atoms with Crippen LogP contribution in [-0.2, 0) is 9.22 Å². The summed E-state index contributed by atoms with van der Waals surface area (Å²) in [6.07, 6.45) is 16.3. The van der Waals surface area contributed by atoms with Gasteiger partial charge in [-0.3, -0.25) is 4.79 Å². The second-order valence-electron chi connectivity index (χ2n) is 11.9. The van der Waals surface area contributed by atoms with Crippen molar-refractivity contribution in [3.63, 3.8) is 0 Å². The molecule has 0 amide bonds. The predicted molar refractivity (Wildman–Crippen MR) is 139 cm³/mol. The minimum atomic E-state index is -1.90. The normalized spacial score (nSPS) is 24.0. The summed E-state index contributed by atoms with van der Waals surface area (Å²) in [5, 5.41) is 19.5. The Bertz CT molecular complexity index is 735. The number of aliphatic hydroxyl groups excluding tert-OH is 1. The average molecular weight is 477 g/mol. The summed E-state index contributed by atoms with van der Waals surface area (Å²) in [6, 6.07) is 0. The monoisotopic (exact) mass is 476 g/mol. The van der Waals surface area contributed by atoms with Crippen LogP contribution < -0.4 is 0 Å². The largest absolute Gasteiger partial charge is 0.481 e. The van der Waals surface area contributed by atoms with Crippen molar-refractivity contribution in [1.82, 2.24) is 0 Å². The summed E-state index contributed by atoms with van der Waals surface area (Å²) in [7, 11) is -1.90. The van der Waals surface area contributed by atoms with Crippen LogP contribution in [0.5, 0.6) is 0 Å². The second-order valence-corrected chi connectivity index (χ2v) is 16.7. The van der Waals surface area contributed by atoms with E-state index < -0.39 is 14.3 Å². The molecule has 5 heteroatoms. The number of rotatable bonds is 11. The zero-order chi connectivity index (χ0) is 24.7. The van der Waals surface area contributed by atoms with Crippen LogP contribution in [0.25, 0.3) is 0 Å². The molecule has 2 aliphatic carbocycles. The van der Waals surface area contributed by atoms with E-state index in [0.29, 0.717) is 5.92 Å². The first-order chi connectivity index (χ1) is 15.4. The third kappa shape index (κ3) is 8.24. The van der Waals surface area contributed by atoms with Crippen molar-refractivity contribution in [2.24, 2.45) is 11.8 Å². The summed E-state index contributed by atoms with van der Waals surface area (Å²) < 4.78 is 7.18. The van der Waals surface area contributed by atoms with Gasteiger partial charge in [0.15, 0.2) is 8.32 Å². The van der Waals surface area contributed by atoms with Crippen LogP contribution in [0.2, 0.25) is 18.1 Å². The molecule has 0 spiro atoms. The fraction of sp³-hybridized carbons (Fsp3) is 0.786. The molecule has 0 bridgehead atoms. The third-order valence-corrected chi connectivity index (χ3v) is 13.0. The number of aliphatic hydroxyl groups is 1. The van der Waals surface area contributed by atoms with E-state index in [1.54, 1.807) is 6.08 Å². The van der Waals surface area contributed by atoms with E-state index >= 15 is 0 Å². The molecule has 188 valence electrons. The zero-order valence-electron chi connectivity index (χ0n) is 22.0. The van der Waals surface area contributed by atoms with Gasteiger partial charge in [-0.25, -0.2) is 0 Å². The maximum Gasteiger partial charge on any atom is 0.307 e. The molecule has 0 aromatic rings. The van der Waals surface area contributed by atoms with Gasteiger partial charge in [-0.05, 0) is 88.1 Å². The minimum absolute atomic E-state index is 0.00167. The lowest BCUT2D eigenvalue weighted by Gasteiger charge is -2.49. The molecule has 33 heavy (non-hydrogen) atoms. The zero-order valence-corrected chi connectivity index (χ0v) is 23.0. The van der Waals surface area contributed by atoms with Crippen LogP contribution in [0.1, 0.15) is 98.3 Å². The first-order valence-electron chi connectivity index (χ1n) is 13.0. The van der Waals surface area contributed by atoms with Crippen LogP contribution in [0.15, 0.2) is 29.5 Å². The average Bonchev–Trinajstić information content (AvgIpc) is 3.08. The number of carbonyl (C=O) groups is 1. The molecule has 0 aliphatic heterocycles. The third-order valence-electron chi connectivity index (χ3n) is 8.37. The molecule has 2 aliphatic rings. The molecule has 2 rings (SSSR count). The van der Waals surface area contributed by atoms with E-state index in [1.807, 2.05) is 6.08 Å². The van der Waals surface area contributed by atoms with Crippen LogP contribution in [-0.4, -0.2) is 36.2 Å². The highest BCUT2D eigenvalue weighted by atomic mass is 28.4. The molecule has 2 unspecified atom stereocenters. The van der Waals surface area contributed by atoms with Gasteiger partial charge in [0, 0.05) is 5.92 Å². The van der Waals surface area contributed by atoms with E-state index in [0.717, 1.165) is 32.1 Å². The molecule has 4 nitrogen and oxygen atoms in total. The van der Waals surface area contributed by atoms with Crippen LogP contribution >= 0.6 is 0 Å². The van der Waals surface area contributed by atoms with Crippen molar-refractivity contribution < 1.29 is 19.4 Å². The Morgan fingerprint density at radius 1 is 1.18 bits per heavy atom. The molecule has 1 fully saturated rings. The quantitative estimate of drug-likeness (QED) is 0.185. The Labute approximate surface area is 203 Å². The van der Waals surface area contributed by atoms with Gasteiger partial charge in [-0.1, -0.05) is 51.7 Å². The fourth-order valence-corrected chi connectivity index (χ4v) is 7.00. The van der Waals surface area contributed by atoms with Crippen molar-refractivity contribution in [3.05, 3.63) is 29.5 Å². The first kappa shape index (κ1) is 28.1. The van der Waals surface area contributed by atoms with Gasteiger partial charge in [0.1, 0.15) is 0 Å². The van der Waals surface area contributed by atoms with E-state index in [2.05, 4.69) is 52.6 Å². The summed E-state index contributed by atoms with van der Waals surface area (Å²) in [6.45, 7) is 14.1. The van der Waals surface area contributed by atoms with Gasteiger partial charge in [-0.15, -0.1) is 5.73 Å². The molecule has 0 aromatic carbocycles. The smallest absolute Gasteiger partial charge is 0.307 e. The molecular formula is C28H48O4Si. The molecule has 0 heterocycles. The summed E-state index contributed by atoms with van der Waals surface area (Å²) in [5.74, 6) is -0.0349. The van der Waals surface area contributed by atoms with E-state index in [4.69, 9.17) is 9.53 Å². The maximum absolute atomic E-state index is 10.6. The molecule has 3 atom stereocenters. The minimum Gasteiger partial charge on any atom is -0.481 e. The fourth-order valence-electron chi connectivity index (χ4n) is 5.26. The molecule has 0 saturated heterocycles.